The van der Waals surface area contributed by atoms with E-state index in [0.29, 0.717) is 18.6 Å². The first-order valence-corrected chi connectivity index (χ1v) is 11.7. The number of hydrogen-bond donors (Lipinski definition) is 1. The van der Waals surface area contributed by atoms with Crippen LogP contribution in [0.5, 0.6) is 0 Å². The first-order valence-electron chi connectivity index (χ1n) is 9.92. The Kier molecular flexibility index (Phi) is 5.74. The van der Waals surface area contributed by atoms with E-state index in [4.69, 9.17) is 4.74 Å². The lowest BCUT2D eigenvalue weighted by molar-refractivity contribution is -0.140. The second kappa shape index (κ2) is 8.28. The first-order chi connectivity index (χ1) is 14.0. The Bertz CT molecular complexity index is 968. The fraction of sp³-hybridized carbons (Fsp3) is 0.391. The number of allylic oxidation sites excluding steroid dienone is 3. The van der Waals surface area contributed by atoms with Crippen molar-refractivity contribution < 1.29 is 14.3 Å². The molecule has 2 aliphatic rings. The molecule has 0 spiro atoms. The number of dihydropyridines is 1. The summed E-state index contributed by atoms with van der Waals surface area (Å²) in [7, 11) is 0. The summed E-state index contributed by atoms with van der Waals surface area (Å²) in [5.74, 6) is -0.114. The molecule has 29 heavy (non-hydrogen) atoms. The molecule has 2 atom stereocenters. The summed E-state index contributed by atoms with van der Waals surface area (Å²) in [6.45, 7) is 6.31. The van der Waals surface area contributed by atoms with Crippen LogP contribution in [-0.2, 0) is 14.3 Å². The van der Waals surface area contributed by atoms with Crippen LogP contribution in [0.2, 0.25) is 0 Å². The number of nitrogens with one attached hydrogen (secondary N) is 1. The molecule has 0 fully saturated rings. The third-order valence-corrected chi connectivity index (χ3v) is 7.15. The minimum absolute atomic E-state index is 0.120. The summed E-state index contributed by atoms with van der Waals surface area (Å²) < 4.78 is 5.57. The van der Waals surface area contributed by atoms with Crippen molar-refractivity contribution in [2.45, 2.75) is 45.4 Å². The Morgan fingerprint density at radius 3 is 2.76 bits per heavy atom. The zero-order valence-electron chi connectivity index (χ0n) is 16.9. The molecular weight excluding hydrogens is 402 g/mol. The van der Waals surface area contributed by atoms with Crippen molar-refractivity contribution in [2.75, 3.05) is 6.61 Å². The van der Waals surface area contributed by atoms with Crippen LogP contribution in [0.3, 0.4) is 0 Å². The van der Waals surface area contributed by atoms with E-state index in [1.165, 1.54) is 4.88 Å². The van der Waals surface area contributed by atoms with E-state index < -0.39 is 0 Å². The summed E-state index contributed by atoms with van der Waals surface area (Å²) in [4.78, 5) is 27.6. The van der Waals surface area contributed by atoms with Gasteiger partial charge in [-0.2, -0.15) is 11.3 Å². The number of carbonyl (C=O) groups excluding carboxylic acids is 2. The molecule has 0 bridgehead atoms. The zero-order valence-corrected chi connectivity index (χ0v) is 18.5. The highest BCUT2D eigenvalue weighted by molar-refractivity contribution is 7.10. The van der Waals surface area contributed by atoms with E-state index in [2.05, 4.69) is 16.8 Å². The van der Waals surface area contributed by atoms with Gasteiger partial charge in [0.05, 0.1) is 12.2 Å². The van der Waals surface area contributed by atoms with E-state index in [-0.39, 0.29) is 29.5 Å². The molecule has 0 unspecified atom stereocenters. The second-order valence-corrected chi connectivity index (χ2v) is 9.84. The van der Waals surface area contributed by atoms with Gasteiger partial charge < -0.3 is 10.1 Å². The van der Waals surface area contributed by atoms with Gasteiger partial charge in [0.15, 0.2) is 5.78 Å². The summed E-state index contributed by atoms with van der Waals surface area (Å²) in [5, 5.41) is 9.47. The van der Waals surface area contributed by atoms with Crippen LogP contribution in [0.15, 0.2) is 56.9 Å². The van der Waals surface area contributed by atoms with Crippen molar-refractivity contribution in [3.63, 3.8) is 0 Å². The van der Waals surface area contributed by atoms with Gasteiger partial charge in [-0.1, -0.05) is 19.9 Å². The fourth-order valence-corrected chi connectivity index (χ4v) is 5.64. The predicted molar refractivity (Wildman–Crippen MR) is 117 cm³/mol. The van der Waals surface area contributed by atoms with Gasteiger partial charge in [-0.15, -0.1) is 11.3 Å². The van der Waals surface area contributed by atoms with Crippen molar-refractivity contribution in [1.82, 2.24) is 5.32 Å². The molecule has 4 rings (SSSR count). The van der Waals surface area contributed by atoms with Gasteiger partial charge in [-0.25, -0.2) is 4.79 Å². The monoisotopic (exact) mass is 427 g/mol. The van der Waals surface area contributed by atoms with Gasteiger partial charge in [0.1, 0.15) is 0 Å². The number of thiophene rings is 2. The molecule has 1 N–H and O–H groups in total. The molecule has 2 aromatic heterocycles. The molecular formula is C23H25NO3S2. The molecule has 0 saturated heterocycles. The molecule has 6 heteroatoms. The normalized spacial score (nSPS) is 22.0. The van der Waals surface area contributed by atoms with Crippen LogP contribution in [0.1, 0.15) is 55.9 Å². The number of Topliss-reactive ketones (excluding diaryl/α,β-unsaturated/α-hetero) is 1. The van der Waals surface area contributed by atoms with E-state index in [0.717, 1.165) is 29.0 Å². The Morgan fingerprint density at radius 1 is 1.28 bits per heavy atom. The quantitative estimate of drug-likeness (QED) is 0.652. The van der Waals surface area contributed by atoms with Crippen molar-refractivity contribution in [1.29, 1.82) is 0 Å². The maximum atomic E-state index is 13.3. The van der Waals surface area contributed by atoms with Crippen molar-refractivity contribution in [2.24, 2.45) is 5.92 Å². The predicted octanol–water partition coefficient (Wildman–Crippen LogP) is 5.37. The molecule has 1 aliphatic carbocycles. The van der Waals surface area contributed by atoms with E-state index >= 15 is 0 Å². The minimum atomic E-state index is -0.353. The van der Waals surface area contributed by atoms with Gasteiger partial charge in [0.2, 0.25) is 0 Å². The number of carbonyl (C=O) groups is 2. The van der Waals surface area contributed by atoms with E-state index in [9.17, 15) is 9.59 Å². The minimum Gasteiger partial charge on any atom is -0.462 e. The van der Waals surface area contributed by atoms with Crippen LogP contribution in [0.4, 0.5) is 0 Å². The second-order valence-electron chi connectivity index (χ2n) is 8.08. The Hall–Kier alpha value is -2.18. The van der Waals surface area contributed by atoms with Crippen molar-refractivity contribution in [3.05, 3.63) is 67.3 Å². The molecule has 4 nitrogen and oxygen atoms in total. The van der Waals surface area contributed by atoms with Gasteiger partial charge in [-0.05, 0) is 53.1 Å². The molecule has 3 heterocycles. The third kappa shape index (κ3) is 3.96. The largest absolute Gasteiger partial charge is 0.462 e. The van der Waals surface area contributed by atoms with Gasteiger partial charge in [-0.3, -0.25) is 4.79 Å². The molecule has 0 radical (unpaired) electrons. The fourth-order valence-electron chi connectivity index (χ4n) is 4.13. The average Bonchev–Trinajstić information content (AvgIpc) is 3.38. The molecule has 0 saturated carbocycles. The number of esters is 1. The van der Waals surface area contributed by atoms with Crippen LogP contribution >= 0.6 is 22.7 Å². The smallest absolute Gasteiger partial charge is 0.336 e. The zero-order chi connectivity index (χ0) is 20.5. The van der Waals surface area contributed by atoms with Crippen LogP contribution < -0.4 is 5.32 Å². The summed E-state index contributed by atoms with van der Waals surface area (Å²) in [5.41, 5.74) is 4.02. The lowest BCUT2D eigenvalue weighted by Crippen LogP contribution is -2.36. The Balaban J connectivity index is 1.72. The average molecular weight is 428 g/mol. The number of ketones is 1. The maximum Gasteiger partial charge on any atom is 0.336 e. The molecule has 1 aliphatic heterocycles. The number of hydrogen-bond acceptors (Lipinski definition) is 6. The summed E-state index contributed by atoms with van der Waals surface area (Å²) >= 11 is 3.28. The molecule has 0 amide bonds. The van der Waals surface area contributed by atoms with Gasteiger partial charge >= 0.3 is 5.97 Å². The Labute approximate surface area is 179 Å². The summed E-state index contributed by atoms with van der Waals surface area (Å²) in [6.07, 6.45) is 1.27. The first kappa shape index (κ1) is 20.1. The van der Waals surface area contributed by atoms with Crippen LogP contribution in [-0.4, -0.2) is 18.4 Å². The molecule has 152 valence electrons. The SMILES string of the molecule is CC1=C(C(=O)OCC(C)C)[C@H](c2ccsc2)C2=C(C[C@@H](c3cccs3)CC2=O)N1. The van der Waals surface area contributed by atoms with Gasteiger partial charge in [0, 0.05) is 40.1 Å². The Morgan fingerprint density at radius 2 is 2.10 bits per heavy atom. The third-order valence-electron chi connectivity index (χ3n) is 5.42. The highest BCUT2D eigenvalue weighted by Gasteiger charge is 2.41. The molecule has 0 aromatic carbocycles. The molecule has 2 aromatic rings. The van der Waals surface area contributed by atoms with Crippen LogP contribution in [0, 0.1) is 5.92 Å². The highest BCUT2D eigenvalue weighted by atomic mass is 32.1. The standard InChI is InChI=1S/C23H25NO3S2/c1-13(2)11-27-23(26)20-14(3)24-17-9-16(19-5-4-7-29-19)10-18(25)22(17)21(20)15-6-8-28-12-15/h4-8,12-13,16,21,24H,9-11H2,1-3H3/t16-,21+/m1/s1. The lowest BCUT2D eigenvalue weighted by atomic mass is 9.73. The van der Waals surface area contributed by atoms with Crippen LogP contribution in [0.25, 0.3) is 0 Å². The number of rotatable bonds is 5. The van der Waals surface area contributed by atoms with Crippen molar-refractivity contribution in [3.8, 4) is 0 Å². The number of ether oxygens (including phenoxy) is 1. The topological polar surface area (TPSA) is 55.4 Å². The van der Waals surface area contributed by atoms with Gasteiger partial charge in [0.25, 0.3) is 0 Å². The van der Waals surface area contributed by atoms with E-state index in [1.807, 2.05) is 43.7 Å². The highest BCUT2D eigenvalue weighted by Crippen LogP contribution is 2.46. The summed E-state index contributed by atoms with van der Waals surface area (Å²) in [6, 6.07) is 6.14. The maximum absolute atomic E-state index is 13.3. The van der Waals surface area contributed by atoms with Crippen molar-refractivity contribution >= 4 is 34.4 Å². The van der Waals surface area contributed by atoms with E-state index in [1.54, 1.807) is 22.7 Å². The lowest BCUT2D eigenvalue weighted by Gasteiger charge is -2.36.